The highest BCUT2D eigenvalue weighted by Crippen LogP contribution is 2.34. The van der Waals surface area contributed by atoms with Crippen LogP contribution in [-0.4, -0.2) is 50.4 Å². The van der Waals surface area contributed by atoms with Gasteiger partial charge in [-0.3, -0.25) is 23.9 Å². The Morgan fingerprint density at radius 3 is 2.30 bits per heavy atom. The van der Waals surface area contributed by atoms with Gasteiger partial charge in [0.15, 0.2) is 0 Å². The van der Waals surface area contributed by atoms with E-state index in [0.717, 1.165) is 33.0 Å². The van der Waals surface area contributed by atoms with Gasteiger partial charge in [-0.15, -0.1) is 0 Å². The predicted octanol–water partition coefficient (Wildman–Crippen LogP) is 3.83. The van der Waals surface area contributed by atoms with Crippen molar-refractivity contribution in [2.75, 3.05) is 31.1 Å². The Bertz CT molecular complexity index is 1680. The van der Waals surface area contributed by atoms with E-state index in [2.05, 4.69) is 15.1 Å². The van der Waals surface area contributed by atoms with Gasteiger partial charge in [-0.2, -0.15) is 18.3 Å². The minimum Gasteiger partial charge on any atom is -0.363 e. The van der Waals surface area contributed by atoms with E-state index in [4.69, 9.17) is 5.73 Å². The van der Waals surface area contributed by atoms with Gasteiger partial charge in [0.2, 0.25) is 0 Å². The molecule has 1 unspecified atom stereocenters. The molecule has 4 aromatic rings. The van der Waals surface area contributed by atoms with Gasteiger partial charge < -0.3 is 10.6 Å². The number of aromatic amines is 1. The maximum absolute atomic E-state index is 14.9. The molecular formula is C30H33F4N7O2. The first-order valence-electron chi connectivity index (χ1n) is 14.0. The molecule has 3 N–H and O–H groups in total. The smallest absolute Gasteiger partial charge is 0.363 e. The Balaban J connectivity index is 1.57. The number of nitrogens with one attached hydrogen (secondary N) is 1. The van der Waals surface area contributed by atoms with E-state index in [1.54, 1.807) is 36.5 Å². The molecule has 2 aromatic carbocycles. The van der Waals surface area contributed by atoms with Crippen LogP contribution in [-0.2, 0) is 19.3 Å². The lowest BCUT2D eigenvalue weighted by Gasteiger charge is -2.39. The zero-order valence-corrected chi connectivity index (χ0v) is 23.8. The molecular weight excluding hydrogens is 566 g/mol. The summed E-state index contributed by atoms with van der Waals surface area (Å²) in [5.41, 5.74) is 4.96. The number of benzene rings is 2. The van der Waals surface area contributed by atoms with Crippen LogP contribution in [0.4, 0.5) is 23.2 Å². The topological polar surface area (TPSA) is 105 Å². The summed E-state index contributed by atoms with van der Waals surface area (Å²) in [6.45, 7) is 4.59. The molecule has 0 aliphatic carbocycles. The molecule has 0 radical (unpaired) electrons. The van der Waals surface area contributed by atoms with Crippen molar-refractivity contribution in [1.82, 2.24) is 24.2 Å². The number of piperazine rings is 1. The Hall–Kier alpha value is -4.23. The number of nitrogens with two attached hydrogens (primary N) is 1. The van der Waals surface area contributed by atoms with Crippen LogP contribution in [0.5, 0.6) is 0 Å². The molecule has 0 amide bonds. The lowest BCUT2D eigenvalue weighted by molar-refractivity contribution is -0.138. The predicted molar refractivity (Wildman–Crippen MR) is 154 cm³/mol. The van der Waals surface area contributed by atoms with Gasteiger partial charge in [0.1, 0.15) is 11.5 Å². The first kappa shape index (κ1) is 30.2. The molecule has 2 atom stereocenters. The Kier molecular flexibility index (Phi) is 8.56. The van der Waals surface area contributed by atoms with Crippen LogP contribution < -0.4 is 21.9 Å². The Labute approximate surface area is 245 Å². The van der Waals surface area contributed by atoms with Crippen molar-refractivity contribution in [2.45, 2.75) is 45.2 Å². The highest BCUT2D eigenvalue weighted by molar-refractivity contribution is 5.50. The van der Waals surface area contributed by atoms with Gasteiger partial charge >= 0.3 is 11.9 Å². The first-order chi connectivity index (χ1) is 20.5. The van der Waals surface area contributed by atoms with E-state index >= 15 is 0 Å². The highest BCUT2D eigenvalue weighted by Gasteiger charge is 2.35. The molecule has 1 fully saturated rings. The number of nitrogens with zero attached hydrogens (tertiary/aromatic N) is 5. The molecule has 1 aliphatic heterocycles. The third kappa shape index (κ3) is 6.13. The second-order valence-corrected chi connectivity index (χ2v) is 10.7. The van der Waals surface area contributed by atoms with Gasteiger partial charge in [0.05, 0.1) is 30.4 Å². The number of hydrogen-bond donors (Lipinski definition) is 2. The van der Waals surface area contributed by atoms with Crippen molar-refractivity contribution in [1.29, 1.82) is 0 Å². The van der Waals surface area contributed by atoms with Gasteiger partial charge in [-0.1, -0.05) is 36.4 Å². The molecule has 228 valence electrons. The van der Waals surface area contributed by atoms with Crippen LogP contribution in [0, 0.1) is 12.7 Å². The number of H-pyrrole nitrogens is 1. The molecule has 0 saturated carbocycles. The Morgan fingerprint density at radius 2 is 1.67 bits per heavy atom. The molecule has 9 nitrogen and oxygen atoms in total. The molecule has 13 heteroatoms. The summed E-state index contributed by atoms with van der Waals surface area (Å²) in [5.74, 6) is -1.10. The van der Waals surface area contributed by atoms with E-state index < -0.39 is 47.0 Å². The quantitative estimate of drug-likeness (QED) is 0.299. The van der Waals surface area contributed by atoms with Gasteiger partial charge in [-0.05, 0) is 37.6 Å². The summed E-state index contributed by atoms with van der Waals surface area (Å²) in [6.07, 6.45) is -3.10. The van der Waals surface area contributed by atoms with Gasteiger partial charge in [0, 0.05) is 49.7 Å². The molecule has 0 spiro atoms. The van der Waals surface area contributed by atoms with Crippen LogP contribution in [0.1, 0.15) is 47.1 Å². The summed E-state index contributed by atoms with van der Waals surface area (Å²) < 4.78 is 58.5. The van der Waals surface area contributed by atoms with Gasteiger partial charge in [-0.25, -0.2) is 9.18 Å². The second kappa shape index (κ2) is 12.2. The van der Waals surface area contributed by atoms with Crippen LogP contribution in [0.2, 0.25) is 0 Å². The monoisotopic (exact) mass is 599 g/mol. The maximum Gasteiger partial charge on any atom is 0.416 e. The van der Waals surface area contributed by atoms with Crippen molar-refractivity contribution in [3.63, 3.8) is 0 Å². The summed E-state index contributed by atoms with van der Waals surface area (Å²) >= 11 is 0. The zero-order valence-electron chi connectivity index (χ0n) is 23.8. The average molecular weight is 600 g/mol. The summed E-state index contributed by atoms with van der Waals surface area (Å²) in [7, 11) is 0. The molecule has 2 aromatic heterocycles. The van der Waals surface area contributed by atoms with Crippen LogP contribution in [0.25, 0.3) is 0 Å². The van der Waals surface area contributed by atoms with Crippen LogP contribution >= 0.6 is 0 Å². The number of halogens is 4. The number of aromatic nitrogens is 4. The standard InChI is InChI=1S/C30H33F4N7O2/c1-19(26-11-12-36-37-26)38-13-15-39(16-14-38)27-20(2)40(17-22-23(30(32,33)34)9-6-10-24(22)31)29(43)41(28(27)42)18-25(35)21-7-4-3-5-8-21/h3-12,19,25H,13-18,35H2,1-2H3,(H,36,37)/t19?,25-/m0/s1. The average Bonchev–Trinajstić information content (AvgIpc) is 3.53. The van der Waals surface area contributed by atoms with E-state index in [1.165, 1.54) is 6.92 Å². The fraction of sp³-hybridized carbons (Fsp3) is 0.367. The van der Waals surface area contributed by atoms with E-state index in [9.17, 15) is 27.2 Å². The van der Waals surface area contributed by atoms with Gasteiger partial charge in [0.25, 0.3) is 5.56 Å². The van der Waals surface area contributed by atoms with Crippen molar-refractivity contribution in [2.24, 2.45) is 5.73 Å². The highest BCUT2D eigenvalue weighted by atomic mass is 19.4. The number of rotatable bonds is 8. The summed E-state index contributed by atoms with van der Waals surface area (Å²) in [4.78, 5) is 31.8. The summed E-state index contributed by atoms with van der Waals surface area (Å²) in [5, 5.41) is 7.07. The molecule has 5 rings (SSSR count). The fourth-order valence-corrected chi connectivity index (χ4v) is 5.67. The minimum atomic E-state index is -4.84. The second-order valence-electron chi connectivity index (χ2n) is 10.7. The van der Waals surface area contributed by atoms with Crippen molar-refractivity contribution < 1.29 is 17.6 Å². The van der Waals surface area contributed by atoms with E-state index in [1.807, 2.05) is 17.9 Å². The zero-order chi connectivity index (χ0) is 30.9. The van der Waals surface area contributed by atoms with Crippen molar-refractivity contribution >= 4 is 5.69 Å². The molecule has 1 aliphatic rings. The fourth-order valence-electron chi connectivity index (χ4n) is 5.67. The number of hydrogen-bond acceptors (Lipinski definition) is 6. The third-order valence-corrected chi connectivity index (χ3v) is 8.13. The largest absolute Gasteiger partial charge is 0.416 e. The van der Waals surface area contributed by atoms with E-state index in [0.29, 0.717) is 31.7 Å². The van der Waals surface area contributed by atoms with E-state index in [-0.39, 0.29) is 24.0 Å². The maximum atomic E-state index is 14.9. The minimum absolute atomic E-state index is 0.0193. The molecule has 3 heterocycles. The SMILES string of the molecule is Cc1c(N2CCN(C(C)c3cc[nH]n3)CC2)c(=O)n(C[C@H](N)c2ccccc2)c(=O)n1Cc1c(F)cccc1C(F)(F)F. The Morgan fingerprint density at radius 1 is 0.977 bits per heavy atom. The third-order valence-electron chi connectivity index (χ3n) is 8.13. The first-order valence-corrected chi connectivity index (χ1v) is 14.0. The number of anilines is 1. The van der Waals surface area contributed by atoms with Crippen LogP contribution in [0.3, 0.4) is 0 Å². The lowest BCUT2D eigenvalue weighted by atomic mass is 10.1. The van der Waals surface area contributed by atoms with Crippen molar-refractivity contribution in [3.05, 3.63) is 116 Å². The summed E-state index contributed by atoms with van der Waals surface area (Å²) in [6, 6.07) is 12.7. The number of alkyl halides is 3. The normalized spacial score (nSPS) is 15.9. The lowest BCUT2D eigenvalue weighted by Crippen LogP contribution is -2.52. The van der Waals surface area contributed by atoms with Crippen LogP contribution in [0.15, 0.2) is 70.4 Å². The molecule has 43 heavy (non-hydrogen) atoms. The molecule has 0 bridgehead atoms. The molecule has 1 saturated heterocycles. The van der Waals surface area contributed by atoms with Crippen molar-refractivity contribution in [3.8, 4) is 0 Å².